The van der Waals surface area contributed by atoms with Crippen LogP contribution in [-0.2, 0) is 12.8 Å². The van der Waals surface area contributed by atoms with Crippen LogP contribution in [0.3, 0.4) is 0 Å². The summed E-state index contributed by atoms with van der Waals surface area (Å²) in [5.74, 6) is -0.223. The number of thiol groups is 1. The van der Waals surface area contributed by atoms with Gasteiger partial charge in [0, 0.05) is 54.2 Å². The van der Waals surface area contributed by atoms with E-state index in [9.17, 15) is 0 Å². The average molecular weight is 916 g/mol. The Morgan fingerprint density at radius 1 is 0.719 bits per heavy atom. The summed E-state index contributed by atoms with van der Waals surface area (Å²) in [6.07, 6.45) is 9.94. The van der Waals surface area contributed by atoms with Crippen LogP contribution in [0.2, 0.25) is 0 Å². The number of rotatable bonds is 12. The molecule has 2 N–H and O–H groups in total. The molecule has 0 amide bonds. The first-order valence-electron chi connectivity index (χ1n) is 21.8. The van der Waals surface area contributed by atoms with Crippen molar-refractivity contribution in [3.05, 3.63) is 188 Å². The molecule has 3 heterocycles. The van der Waals surface area contributed by atoms with Crippen molar-refractivity contribution in [1.29, 1.82) is 0 Å². The van der Waals surface area contributed by atoms with Gasteiger partial charge < -0.3 is 15.5 Å². The van der Waals surface area contributed by atoms with Gasteiger partial charge in [0.05, 0.1) is 17.1 Å². The summed E-state index contributed by atoms with van der Waals surface area (Å²) in [5.41, 5.74) is 24.8. The molecule has 8 rings (SSSR count). The Morgan fingerprint density at radius 3 is 2.08 bits per heavy atom. The summed E-state index contributed by atoms with van der Waals surface area (Å²) >= 11 is 9.33. The number of anilines is 6. The summed E-state index contributed by atoms with van der Waals surface area (Å²) in [4.78, 5) is 8.72. The Morgan fingerprint density at radius 2 is 1.38 bits per heavy atom. The first-order chi connectivity index (χ1) is 30.9. The van der Waals surface area contributed by atoms with E-state index in [0.29, 0.717) is 0 Å². The number of nitrogens with two attached hydrogens (primary N) is 1. The van der Waals surface area contributed by atoms with Gasteiger partial charge in [0.2, 0.25) is 0 Å². The number of allylic oxidation sites excluding steroid dienone is 3. The number of nitrogens with zero attached hydrogens (tertiary/aromatic N) is 2. The Bertz CT molecular complexity index is 2870. The van der Waals surface area contributed by atoms with Crippen molar-refractivity contribution in [1.82, 2.24) is 0 Å². The van der Waals surface area contributed by atoms with Crippen LogP contribution in [0.25, 0.3) is 26.5 Å². The number of halogens is 1. The fraction of sp³-hybridized carbons (Fsp3) is 0.200. The second kappa shape index (κ2) is 20.8. The summed E-state index contributed by atoms with van der Waals surface area (Å²) in [6, 6.07) is 33.0. The van der Waals surface area contributed by atoms with E-state index in [2.05, 4.69) is 147 Å². The zero-order valence-electron chi connectivity index (χ0n) is 37.8. The maximum Gasteiger partial charge on any atom is 0.168 e. The second-order valence-corrected chi connectivity index (χ2v) is 19.1. The van der Waals surface area contributed by atoms with E-state index in [1.807, 2.05) is 44.2 Å². The standard InChI is InChI=1S/C53H49BFN3S4.C2H6/c1-32-12-18-42(19-13-32)58(48-21-17-41(56)26-35(48)4)51-31-61-53(37(51)6)47-28-40(55)16-15-39(47)10-8-7-9-38-14-11-33(2)25-46(38)52-36(5)50(30-60-52)57-24-23-44(62-54)27-34(3)45-29-43(59)20-22-49(45)57;1-2/h11-31,59H,3,7-10,56H2,1-2,4-6H3;1-2H3/b24-23-,44-27+;. The lowest BCUT2D eigenvalue weighted by Gasteiger charge is -2.27. The number of thiophene rings is 2. The number of benzene rings is 5. The van der Waals surface area contributed by atoms with Crippen LogP contribution >= 0.6 is 46.9 Å². The van der Waals surface area contributed by atoms with E-state index < -0.39 is 0 Å². The SMILES string of the molecule is CC.[B]SC1=C/C(=C)c2cc(S)ccc2N(c2csc(-c3cc(C)ccc3CCCCc3ccc(F)cc3-c3scc(N(c4ccc(C)cc4)c4ccc(N)cc4C)c3C)c2C)/C=C\1. The molecule has 0 bridgehead atoms. The van der Waals surface area contributed by atoms with Crippen LogP contribution in [0, 0.1) is 40.4 Å². The number of fused-ring (bicyclic) bond motifs is 1. The van der Waals surface area contributed by atoms with Crippen molar-refractivity contribution >= 4 is 93.7 Å². The minimum absolute atomic E-state index is 0.223. The van der Waals surface area contributed by atoms with Gasteiger partial charge in [-0.05, 0) is 183 Å². The van der Waals surface area contributed by atoms with E-state index in [0.717, 1.165) is 108 Å². The highest BCUT2D eigenvalue weighted by Gasteiger charge is 2.24. The zero-order valence-corrected chi connectivity index (χ0v) is 41.1. The summed E-state index contributed by atoms with van der Waals surface area (Å²) in [7, 11) is 6.05. The summed E-state index contributed by atoms with van der Waals surface area (Å²) in [6.45, 7) is 19.1. The Kier molecular flexibility index (Phi) is 15.2. The maximum atomic E-state index is 15.1. The van der Waals surface area contributed by atoms with Crippen LogP contribution in [0.1, 0.15) is 71.2 Å². The van der Waals surface area contributed by atoms with Crippen molar-refractivity contribution in [2.75, 3.05) is 15.5 Å². The molecule has 0 saturated heterocycles. The highest BCUT2D eigenvalue weighted by molar-refractivity contribution is 8.22. The van der Waals surface area contributed by atoms with E-state index in [1.54, 1.807) is 34.8 Å². The van der Waals surface area contributed by atoms with E-state index in [4.69, 9.17) is 12.9 Å². The lowest BCUT2D eigenvalue weighted by Crippen LogP contribution is -2.12. The van der Waals surface area contributed by atoms with Gasteiger partial charge >= 0.3 is 0 Å². The molecule has 64 heavy (non-hydrogen) atoms. The Balaban J connectivity index is 0.00000302. The fourth-order valence-electron chi connectivity index (χ4n) is 8.37. The predicted octanol–water partition coefficient (Wildman–Crippen LogP) is 17.1. The smallest absolute Gasteiger partial charge is 0.168 e. The molecule has 0 atom stereocenters. The molecular formula is C55H55BFN3S4. The third kappa shape index (κ3) is 10.0. The van der Waals surface area contributed by atoms with Gasteiger partial charge in [-0.25, -0.2) is 4.39 Å². The quantitative estimate of drug-likeness (QED) is 0.0554. The molecule has 2 aromatic heterocycles. The van der Waals surface area contributed by atoms with Crippen LogP contribution < -0.4 is 15.5 Å². The lowest BCUT2D eigenvalue weighted by atomic mass is 9.94. The molecular weight excluding hydrogens is 861 g/mol. The summed E-state index contributed by atoms with van der Waals surface area (Å²) in [5, 5.41) is 4.46. The van der Waals surface area contributed by atoms with Crippen molar-refractivity contribution in [3.63, 3.8) is 0 Å². The average Bonchev–Trinajstić information content (AvgIpc) is 3.85. The number of hydrogen-bond acceptors (Lipinski definition) is 7. The minimum atomic E-state index is -0.223. The van der Waals surface area contributed by atoms with E-state index in [-0.39, 0.29) is 5.82 Å². The molecule has 3 nitrogen and oxygen atoms in total. The molecule has 1 aliphatic rings. The second-order valence-electron chi connectivity index (χ2n) is 16.1. The van der Waals surface area contributed by atoms with Crippen LogP contribution in [0.4, 0.5) is 38.5 Å². The van der Waals surface area contributed by atoms with Crippen molar-refractivity contribution in [2.45, 2.75) is 79.0 Å². The summed E-state index contributed by atoms with van der Waals surface area (Å²) < 4.78 is 15.1. The maximum absolute atomic E-state index is 15.1. The lowest BCUT2D eigenvalue weighted by molar-refractivity contribution is 0.627. The predicted molar refractivity (Wildman–Crippen MR) is 286 cm³/mol. The molecule has 2 radical (unpaired) electrons. The molecule has 7 aromatic rings. The first-order valence-corrected chi connectivity index (χ1v) is 24.8. The fourth-order valence-corrected chi connectivity index (χ4v) is 11.1. The van der Waals surface area contributed by atoms with Gasteiger partial charge in [-0.1, -0.05) is 68.0 Å². The number of nitrogen functional groups attached to an aromatic ring is 1. The largest absolute Gasteiger partial charge is 0.399 e. The van der Waals surface area contributed by atoms with Crippen molar-refractivity contribution < 1.29 is 4.39 Å². The van der Waals surface area contributed by atoms with E-state index in [1.165, 1.54) is 44.3 Å². The Labute approximate surface area is 399 Å². The Hall–Kier alpha value is -5.19. The molecule has 0 fully saturated rings. The molecule has 1 aliphatic heterocycles. The highest BCUT2D eigenvalue weighted by Crippen LogP contribution is 2.47. The van der Waals surface area contributed by atoms with Crippen LogP contribution in [-0.4, -0.2) is 7.12 Å². The van der Waals surface area contributed by atoms with Gasteiger partial charge in [-0.3, -0.25) is 0 Å². The topological polar surface area (TPSA) is 32.5 Å². The number of aryl methyl sites for hydroxylation is 5. The molecule has 324 valence electrons. The van der Waals surface area contributed by atoms with Crippen molar-refractivity contribution in [2.24, 2.45) is 0 Å². The number of hydrogen-bond donors (Lipinski definition) is 2. The first kappa shape index (κ1) is 46.8. The third-order valence-corrected chi connectivity index (χ3v) is 14.7. The normalized spacial score (nSPS) is 13.6. The van der Waals surface area contributed by atoms with Gasteiger partial charge in [-0.15, -0.1) is 35.3 Å². The number of unbranched alkanes of at least 4 members (excludes halogenated alkanes) is 1. The zero-order chi connectivity index (χ0) is 45.7. The molecule has 0 unspecified atom stereocenters. The molecule has 5 aromatic carbocycles. The molecule has 0 spiro atoms. The molecule has 0 saturated carbocycles. The van der Waals surface area contributed by atoms with Gasteiger partial charge in [-0.2, -0.15) is 11.6 Å². The minimum Gasteiger partial charge on any atom is -0.399 e. The van der Waals surface area contributed by atoms with Gasteiger partial charge in [0.25, 0.3) is 0 Å². The highest BCUT2D eigenvalue weighted by atomic mass is 32.2. The molecule has 9 heteroatoms. The van der Waals surface area contributed by atoms with Crippen molar-refractivity contribution in [3.8, 4) is 20.9 Å². The van der Waals surface area contributed by atoms with Crippen LogP contribution in [0.5, 0.6) is 0 Å². The van der Waals surface area contributed by atoms with E-state index >= 15 is 4.39 Å². The molecule has 0 aliphatic carbocycles. The monoisotopic (exact) mass is 915 g/mol. The third-order valence-electron chi connectivity index (χ3n) is 11.7. The van der Waals surface area contributed by atoms with Gasteiger partial charge in [0.15, 0.2) is 7.12 Å². The van der Waals surface area contributed by atoms with Crippen LogP contribution in [0.15, 0.2) is 143 Å². The van der Waals surface area contributed by atoms with Gasteiger partial charge in [0.1, 0.15) is 5.82 Å².